The van der Waals surface area contributed by atoms with Gasteiger partial charge in [0, 0.05) is 31.7 Å². The van der Waals surface area contributed by atoms with Crippen LogP contribution in [0.15, 0.2) is 91.5 Å². The molecule has 2 heterocycles. The number of benzene rings is 3. The first kappa shape index (κ1) is 32.5. The number of hydrogen-bond donors (Lipinski definition) is 5. The molecule has 2 atom stereocenters. The molecule has 0 radical (unpaired) electrons. The normalized spacial score (nSPS) is 17.9. The van der Waals surface area contributed by atoms with E-state index in [4.69, 9.17) is 5.73 Å². The average molecular weight is 641 g/mol. The highest BCUT2D eigenvalue weighted by molar-refractivity contribution is 6.00. The third-order valence-electron chi connectivity index (χ3n) is 7.82. The molecule has 1 unspecified atom stereocenters. The van der Waals surface area contributed by atoms with E-state index < -0.39 is 30.3 Å². The number of fused-ring (bicyclic) bond motifs is 1. The number of phenolic OH excluding ortho intramolecular Hbond substituents is 1. The fourth-order valence-corrected chi connectivity index (χ4v) is 5.80. The molecular weight excluding hydrogens is 604 g/mol. The summed E-state index contributed by atoms with van der Waals surface area (Å²) >= 11 is 0. The topological polar surface area (TPSA) is 181 Å². The zero-order chi connectivity index (χ0) is 33.5. The summed E-state index contributed by atoms with van der Waals surface area (Å²) in [6, 6.07) is 19.3. The monoisotopic (exact) mass is 640 g/mol. The van der Waals surface area contributed by atoms with Gasteiger partial charge in [-0.25, -0.2) is 24.4 Å². The standard InChI is InChI=1S/C33H36N8O6/c1-2-15-39-21-29(43)40-27(17-22-11-13-26(42)14-12-22)30(44)38(19-24-9-6-10-25(16-24)36-32(46)37-31(34)45)20-28(40)41(39)33(47)35-18-23-7-4-3-5-8-23/h2-14,16,27-28,42H,1,15,17-21H2,(H,35,47)(H4,34,36,37,45,46)/t27?,28-/m0/s1. The minimum absolute atomic E-state index is 0.00285. The van der Waals surface area contributed by atoms with Gasteiger partial charge in [0.15, 0.2) is 0 Å². The van der Waals surface area contributed by atoms with Crippen LogP contribution in [0.3, 0.4) is 0 Å². The predicted molar refractivity (Wildman–Crippen MR) is 172 cm³/mol. The summed E-state index contributed by atoms with van der Waals surface area (Å²) in [5.41, 5.74) is 7.65. The molecule has 244 valence electrons. The highest BCUT2D eigenvalue weighted by Gasteiger charge is 2.51. The highest BCUT2D eigenvalue weighted by Crippen LogP contribution is 2.30. The lowest BCUT2D eigenvalue weighted by Crippen LogP contribution is -2.76. The number of nitrogens with zero attached hydrogens (tertiary/aromatic N) is 4. The predicted octanol–water partition coefficient (Wildman–Crippen LogP) is 2.33. The maximum absolute atomic E-state index is 14.2. The van der Waals surface area contributed by atoms with Crippen molar-refractivity contribution in [2.45, 2.75) is 31.7 Å². The minimum atomic E-state index is -1.01. The zero-order valence-electron chi connectivity index (χ0n) is 25.5. The second-order valence-corrected chi connectivity index (χ2v) is 11.2. The molecule has 47 heavy (non-hydrogen) atoms. The van der Waals surface area contributed by atoms with Gasteiger partial charge in [0.05, 0.1) is 13.1 Å². The van der Waals surface area contributed by atoms with Gasteiger partial charge in [-0.15, -0.1) is 6.58 Å². The van der Waals surface area contributed by atoms with Crippen LogP contribution in [0.25, 0.3) is 0 Å². The Hall–Kier alpha value is -5.89. The second kappa shape index (κ2) is 14.5. The van der Waals surface area contributed by atoms with Gasteiger partial charge >= 0.3 is 18.1 Å². The number of hydrazine groups is 1. The Morgan fingerprint density at radius 1 is 0.957 bits per heavy atom. The summed E-state index contributed by atoms with van der Waals surface area (Å²) < 4.78 is 0. The van der Waals surface area contributed by atoms with E-state index >= 15 is 0 Å². The number of hydrogen-bond acceptors (Lipinski definition) is 7. The van der Waals surface area contributed by atoms with E-state index in [1.165, 1.54) is 22.0 Å². The van der Waals surface area contributed by atoms with Crippen molar-refractivity contribution in [2.24, 2.45) is 5.73 Å². The molecule has 2 aliphatic heterocycles. The zero-order valence-corrected chi connectivity index (χ0v) is 25.5. The van der Waals surface area contributed by atoms with E-state index in [9.17, 15) is 29.1 Å². The molecule has 3 aromatic rings. The van der Waals surface area contributed by atoms with Gasteiger partial charge in [-0.3, -0.25) is 14.9 Å². The fraction of sp³-hybridized carbons (Fsp3) is 0.242. The summed E-state index contributed by atoms with van der Waals surface area (Å²) in [7, 11) is 0. The van der Waals surface area contributed by atoms with Crippen molar-refractivity contribution in [1.29, 1.82) is 0 Å². The first-order chi connectivity index (χ1) is 22.6. The minimum Gasteiger partial charge on any atom is -0.508 e. The molecule has 14 heteroatoms. The Balaban J connectivity index is 1.47. The number of phenols is 1. The van der Waals surface area contributed by atoms with Gasteiger partial charge < -0.3 is 31.3 Å². The molecule has 14 nitrogen and oxygen atoms in total. The number of nitrogens with two attached hydrogens (primary N) is 1. The molecule has 0 bridgehead atoms. The van der Waals surface area contributed by atoms with Gasteiger partial charge in [-0.2, -0.15) is 0 Å². The van der Waals surface area contributed by atoms with Gasteiger partial charge in [0.1, 0.15) is 18.0 Å². The second-order valence-electron chi connectivity index (χ2n) is 11.2. The average Bonchev–Trinajstić information content (AvgIpc) is 3.03. The number of piperazine rings is 1. The summed E-state index contributed by atoms with van der Waals surface area (Å²) in [5, 5.41) is 20.3. The van der Waals surface area contributed by atoms with Crippen LogP contribution in [-0.2, 0) is 29.1 Å². The van der Waals surface area contributed by atoms with E-state index in [2.05, 4.69) is 17.2 Å². The molecule has 8 amide bonds. The molecule has 0 spiro atoms. The number of aromatic hydroxyl groups is 1. The number of carbonyl (C=O) groups excluding carboxylic acids is 5. The largest absolute Gasteiger partial charge is 0.508 e. The molecule has 3 aromatic carbocycles. The third kappa shape index (κ3) is 7.86. The van der Waals surface area contributed by atoms with Crippen LogP contribution in [-0.4, -0.2) is 86.7 Å². The van der Waals surface area contributed by atoms with Crippen LogP contribution >= 0.6 is 0 Å². The van der Waals surface area contributed by atoms with Crippen molar-refractivity contribution in [1.82, 2.24) is 30.5 Å². The molecule has 0 saturated carbocycles. The van der Waals surface area contributed by atoms with E-state index in [1.807, 2.05) is 35.6 Å². The van der Waals surface area contributed by atoms with Crippen LogP contribution in [0.1, 0.15) is 16.7 Å². The Morgan fingerprint density at radius 2 is 1.68 bits per heavy atom. The van der Waals surface area contributed by atoms with Crippen molar-refractivity contribution in [3.05, 3.63) is 108 Å². The first-order valence-corrected chi connectivity index (χ1v) is 14.9. The summed E-state index contributed by atoms with van der Waals surface area (Å²) in [6.07, 6.45) is 0.898. The number of rotatable bonds is 9. The van der Waals surface area contributed by atoms with Crippen LogP contribution in [0, 0.1) is 0 Å². The van der Waals surface area contributed by atoms with Crippen molar-refractivity contribution < 1.29 is 29.1 Å². The van der Waals surface area contributed by atoms with Gasteiger partial charge in [-0.1, -0.05) is 60.7 Å². The summed E-state index contributed by atoms with van der Waals surface area (Å²) in [4.78, 5) is 68.0. The smallest absolute Gasteiger partial charge is 0.334 e. The van der Waals surface area contributed by atoms with Gasteiger partial charge in [0.25, 0.3) is 0 Å². The molecular formula is C33H36N8O6. The van der Waals surface area contributed by atoms with Gasteiger partial charge in [0.2, 0.25) is 11.8 Å². The Kier molecular flexibility index (Phi) is 10.0. The molecule has 2 fully saturated rings. The van der Waals surface area contributed by atoms with Crippen molar-refractivity contribution in [3.8, 4) is 5.75 Å². The van der Waals surface area contributed by atoms with Crippen molar-refractivity contribution in [3.63, 3.8) is 0 Å². The van der Waals surface area contributed by atoms with E-state index in [-0.39, 0.29) is 56.7 Å². The summed E-state index contributed by atoms with van der Waals surface area (Å²) in [5.74, 6) is -0.571. The molecule has 0 aliphatic carbocycles. The quantitative estimate of drug-likeness (QED) is 0.223. The lowest BCUT2D eigenvalue weighted by molar-refractivity contribution is -0.189. The lowest BCUT2D eigenvalue weighted by atomic mass is 9.98. The van der Waals surface area contributed by atoms with Crippen LogP contribution < -0.4 is 21.7 Å². The number of urea groups is 3. The van der Waals surface area contributed by atoms with E-state index in [0.717, 1.165) is 11.1 Å². The fourth-order valence-electron chi connectivity index (χ4n) is 5.80. The number of anilines is 1. The maximum atomic E-state index is 14.2. The van der Waals surface area contributed by atoms with E-state index in [0.29, 0.717) is 11.3 Å². The number of amides is 8. The number of imide groups is 1. The third-order valence-corrected chi connectivity index (χ3v) is 7.82. The Bertz CT molecular complexity index is 1650. The summed E-state index contributed by atoms with van der Waals surface area (Å²) in [6.45, 7) is 4.23. The van der Waals surface area contributed by atoms with E-state index in [1.54, 1.807) is 52.4 Å². The van der Waals surface area contributed by atoms with Crippen molar-refractivity contribution >= 4 is 35.6 Å². The first-order valence-electron chi connectivity index (χ1n) is 14.9. The van der Waals surface area contributed by atoms with Crippen molar-refractivity contribution in [2.75, 3.05) is 25.0 Å². The number of carbonyl (C=O) groups is 5. The Morgan fingerprint density at radius 3 is 2.38 bits per heavy atom. The highest BCUT2D eigenvalue weighted by atomic mass is 16.3. The van der Waals surface area contributed by atoms with Crippen LogP contribution in [0.2, 0.25) is 0 Å². The SMILES string of the molecule is C=CCN1CC(=O)N2C(Cc3ccc(O)cc3)C(=O)N(Cc3cccc(NC(=O)NC(N)=O)c3)C[C@@H]2N1C(=O)NCc1ccccc1. The molecule has 2 aliphatic rings. The lowest BCUT2D eigenvalue weighted by Gasteiger charge is -2.55. The van der Waals surface area contributed by atoms with Crippen LogP contribution in [0.5, 0.6) is 5.75 Å². The molecule has 5 rings (SSSR count). The number of primary amides is 1. The van der Waals surface area contributed by atoms with Crippen LogP contribution in [0.4, 0.5) is 20.1 Å². The molecule has 2 saturated heterocycles. The Labute approximate surface area is 271 Å². The maximum Gasteiger partial charge on any atom is 0.334 e. The molecule has 6 N–H and O–H groups in total. The van der Waals surface area contributed by atoms with Gasteiger partial charge in [-0.05, 0) is 41.0 Å². The molecule has 0 aromatic heterocycles. The number of nitrogens with one attached hydrogen (secondary N) is 3.